The normalized spacial score (nSPS) is 17.2. The second-order valence-electron chi connectivity index (χ2n) is 8.61. The van der Waals surface area contributed by atoms with Gasteiger partial charge in [-0.2, -0.15) is 0 Å². The highest BCUT2D eigenvalue weighted by Gasteiger charge is 2.21. The van der Waals surface area contributed by atoms with Gasteiger partial charge in [0.05, 0.1) is 11.2 Å². The van der Waals surface area contributed by atoms with Crippen molar-refractivity contribution in [2.75, 3.05) is 72.3 Å². The minimum absolute atomic E-state index is 0.258. The fraction of sp³-hybridized carbons (Fsp3) is 0.458. The first-order valence-electron chi connectivity index (χ1n) is 11.1. The van der Waals surface area contributed by atoms with Crippen molar-refractivity contribution in [2.24, 2.45) is 0 Å². The summed E-state index contributed by atoms with van der Waals surface area (Å²) in [6, 6.07) is 6.96. The van der Waals surface area contributed by atoms with E-state index in [9.17, 15) is 4.39 Å². The smallest absolute Gasteiger partial charge is 0.125 e. The molecule has 2 aliphatic rings. The summed E-state index contributed by atoms with van der Waals surface area (Å²) in [6.45, 7) is 6.74. The Morgan fingerprint density at radius 3 is 2.71 bits per heavy atom. The number of halogens is 1. The van der Waals surface area contributed by atoms with Gasteiger partial charge in [-0.15, -0.1) is 0 Å². The van der Waals surface area contributed by atoms with Crippen LogP contribution in [0, 0.1) is 5.82 Å². The van der Waals surface area contributed by atoms with E-state index in [-0.39, 0.29) is 5.82 Å². The molecule has 6 nitrogen and oxygen atoms in total. The van der Waals surface area contributed by atoms with E-state index in [1.165, 1.54) is 18.0 Å². The number of anilines is 1. The van der Waals surface area contributed by atoms with Crippen molar-refractivity contribution in [1.29, 1.82) is 0 Å². The highest BCUT2D eigenvalue weighted by atomic mass is 19.1. The fourth-order valence-electron chi connectivity index (χ4n) is 4.23. The molecule has 0 bridgehead atoms. The van der Waals surface area contributed by atoms with Crippen molar-refractivity contribution in [3.05, 3.63) is 53.7 Å². The van der Waals surface area contributed by atoms with E-state index in [4.69, 9.17) is 4.98 Å². The number of allylic oxidation sites excluding steroid dienone is 2. The first-order chi connectivity index (χ1) is 15.0. The van der Waals surface area contributed by atoms with E-state index in [2.05, 4.69) is 64.7 Å². The lowest BCUT2D eigenvalue weighted by Crippen LogP contribution is -2.46. The molecular weight excluding hydrogens is 391 g/mol. The molecule has 0 saturated carbocycles. The van der Waals surface area contributed by atoms with Crippen LogP contribution in [0.4, 0.5) is 10.1 Å². The lowest BCUT2D eigenvalue weighted by molar-refractivity contribution is 0.222. The van der Waals surface area contributed by atoms with Crippen LogP contribution >= 0.6 is 0 Å². The molecule has 166 valence electrons. The van der Waals surface area contributed by atoms with Gasteiger partial charge in [0, 0.05) is 63.5 Å². The number of aromatic nitrogens is 1. The Bertz CT molecular complexity index is 977. The second kappa shape index (κ2) is 9.66. The predicted octanol–water partition coefficient (Wildman–Crippen LogP) is 2.81. The summed E-state index contributed by atoms with van der Waals surface area (Å²) in [5, 5.41) is 7.91. The van der Waals surface area contributed by atoms with Crippen molar-refractivity contribution in [2.45, 2.75) is 6.42 Å². The summed E-state index contributed by atoms with van der Waals surface area (Å²) in [5.74, 6) is 0.991. The van der Waals surface area contributed by atoms with E-state index in [1.54, 1.807) is 0 Å². The predicted molar refractivity (Wildman–Crippen MR) is 126 cm³/mol. The molecule has 2 aromatic rings. The number of fused-ring (bicyclic) bond motifs is 1. The Morgan fingerprint density at radius 2 is 1.97 bits per heavy atom. The monoisotopic (exact) mass is 424 g/mol. The van der Waals surface area contributed by atoms with Crippen molar-refractivity contribution < 1.29 is 4.39 Å². The van der Waals surface area contributed by atoms with Crippen LogP contribution < -0.4 is 10.6 Å². The third-order valence-electron chi connectivity index (χ3n) is 5.87. The van der Waals surface area contributed by atoms with E-state index in [1.807, 2.05) is 6.07 Å². The number of likely N-dealkylation sites (N-methyl/N-ethyl adjacent to an activating group) is 1. The maximum Gasteiger partial charge on any atom is 0.125 e. The second-order valence-corrected chi connectivity index (χ2v) is 8.61. The van der Waals surface area contributed by atoms with Crippen LogP contribution in [0.15, 0.2) is 42.2 Å². The molecule has 0 amide bonds. The molecule has 1 saturated heterocycles. The summed E-state index contributed by atoms with van der Waals surface area (Å²) in [4.78, 5) is 11.7. The number of rotatable bonds is 7. The van der Waals surface area contributed by atoms with Crippen molar-refractivity contribution in [3.63, 3.8) is 0 Å². The summed E-state index contributed by atoms with van der Waals surface area (Å²) in [7, 11) is 6.29. The van der Waals surface area contributed by atoms with Gasteiger partial charge in [0.1, 0.15) is 11.6 Å². The zero-order valence-corrected chi connectivity index (χ0v) is 18.8. The number of nitrogens with one attached hydrogen (secondary N) is 2. The maximum atomic E-state index is 13.9. The van der Waals surface area contributed by atoms with E-state index >= 15 is 0 Å². The number of piperazine rings is 1. The summed E-state index contributed by atoms with van der Waals surface area (Å²) in [5.41, 5.74) is 3.74. The van der Waals surface area contributed by atoms with E-state index in [0.717, 1.165) is 74.6 Å². The molecule has 3 heterocycles. The van der Waals surface area contributed by atoms with Gasteiger partial charge in [-0.3, -0.25) is 0 Å². The average molecular weight is 425 g/mol. The first kappa shape index (κ1) is 21.6. The van der Waals surface area contributed by atoms with Gasteiger partial charge >= 0.3 is 0 Å². The molecule has 1 aromatic carbocycles. The van der Waals surface area contributed by atoms with Crippen LogP contribution in [0.3, 0.4) is 0 Å². The number of nitrogens with zero attached hydrogens (tertiary/aromatic N) is 4. The molecule has 0 radical (unpaired) electrons. The Balaban J connectivity index is 1.62. The van der Waals surface area contributed by atoms with Gasteiger partial charge in [0.2, 0.25) is 0 Å². The molecule has 1 fully saturated rings. The fourth-order valence-corrected chi connectivity index (χ4v) is 4.23. The number of hydrogen-bond acceptors (Lipinski definition) is 6. The lowest BCUT2D eigenvalue weighted by atomic mass is 10.0. The molecule has 4 rings (SSSR count). The SMILES string of the molecule is CN(C)CCCNc1cc(C2=CC=C(N3CCNCC3)N(C)C2)nc2cc(F)ccc12. The van der Waals surface area contributed by atoms with Crippen molar-refractivity contribution in [1.82, 2.24) is 25.0 Å². The summed E-state index contributed by atoms with van der Waals surface area (Å²) < 4.78 is 13.9. The molecule has 31 heavy (non-hydrogen) atoms. The number of benzene rings is 1. The summed E-state index contributed by atoms with van der Waals surface area (Å²) >= 11 is 0. The molecule has 0 aliphatic carbocycles. The standard InChI is InChI=1S/C24H33FN6/c1-29(2)12-4-9-27-22-16-21(28-23-15-19(25)6-7-20(22)23)18-5-8-24(30(3)17-18)31-13-10-26-11-14-31/h5-8,15-16,26H,4,9-14,17H2,1-3H3,(H,27,28). The van der Waals surface area contributed by atoms with Gasteiger partial charge in [-0.05, 0) is 56.9 Å². The third kappa shape index (κ3) is 5.17. The molecule has 1 aromatic heterocycles. The zero-order valence-electron chi connectivity index (χ0n) is 18.8. The van der Waals surface area contributed by atoms with Crippen molar-refractivity contribution >= 4 is 22.2 Å². The first-order valence-corrected chi connectivity index (χ1v) is 11.1. The highest BCUT2D eigenvalue weighted by Crippen LogP contribution is 2.29. The van der Waals surface area contributed by atoms with Crippen LogP contribution in [-0.4, -0.2) is 86.6 Å². The van der Waals surface area contributed by atoms with Gasteiger partial charge in [0.25, 0.3) is 0 Å². The van der Waals surface area contributed by atoms with Crippen molar-refractivity contribution in [3.8, 4) is 0 Å². The average Bonchev–Trinajstić information content (AvgIpc) is 2.76. The van der Waals surface area contributed by atoms with Crippen LogP contribution in [0.25, 0.3) is 16.5 Å². The Morgan fingerprint density at radius 1 is 1.16 bits per heavy atom. The zero-order chi connectivity index (χ0) is 21.8. The maximum absolute atomic E-state index is 13.9. The van der Waals surface area contributed by atoms with E-state index in [0.29, 0.717) is 5.52 Å². The minimum atomic E-state index is -0.258. The van der Waals surface area contributed by atoms with Gasteiger partial charge in [0.15, 0.2) is 0 Å². The van der Waals surface area contributed by atoms with Gasteiger partial charge in [-0.1, -0.05) is 6.08 Å². The quantitative estimate of drug-likeness (QED) is 0.667. The van der Waals surface area contributed by atoms with Crippen LogP contribution in [0.1, 0.15) is 12.1 Å². The Kier molecular flexibility index (Phi) is 6.73. The molecule has 2 N–H and O–H groups in total. The van der Waals surface area contributed by atoms with Crippen LogP contribution in [0.2, 0.25) is 0 Å². The van der Waals surface area contributed by atoms with Crippen LogP contribution in [-0.2, 0) is 0 Å². The highest BCUT2D eigenvalue weighted by molar-refractivity contribution is 5.93. The molecule has 2 aliphatic heterocycles. The molecule has 0 atom stereocenters. The van der Waals surface area contributed by atoms with Crippen LogP contribution in [0.5, 0.6) is 0 Å². The molecular formula is C24H33FN6. The van der Waals surface area contributed by atoms with Gasteiger partial charge < -0.3 is 25.3 Å². The molecule has 0 unspecified atom stereocenters. The summed E-state index contributed by atoms with van der Waals surface area (Å²) in [6.07, 6.45) is 5.39. The number of hydrogen-bond donors (Lipinski definition) is 2. The van der Waals surface area contributed by atoms with Gasteiger partial charge in [-0.25, -0.2) is 9.37 Å². The minimum Gasteiger partial charge on any atom is -0.384 e. The molecule has 7 heteroatoms. The Hall–Kier alpha value is -2.64. The largest absolute Gasteiger partial charge is 0.384 e. The number of pyridine rings is 1. The lowest BCUT2D eigenvalue weighted by Gasteiger charge is -2.38. The van der Waals surface area contributed by atoms with E-state index < -0.39 is 0 Å². The Labute approximate surface area is 184 Å². The topological polar surface area (TPSA) is 46.7 Å². The third-order valence-corrected chi connectivity index (χ3v) is 5.87. The molecule has 0 spiro atoms.